The fraction of sp³-hybridized carbons (Fsp3) is 0.600. The standard InChI is InChI=1S/C15H22O6/c1-7-8-15(20-11(6)16)13(19-10(4)5)12(14(17)21-15)18-9(2)3/h7,9-10H,1,8H2,2-6H3. The van der Waals surface area contributed by atoms with E-state index in [0.717, 1.165) is 0 Å². The molecule has 118 valence electrons. The van der Waals surface area contributed by atoms with Crippen molar-refractivity contribution in [3.05, 3.63) is 24.2 Å². The first-order valence-electron chi connectivity index (χ1n) is 6.83. The summed E-state index contributed by atoms with van der Waals surface area (Å²) in [5.41, 5.74) is 0. The Morgan fingerprint density at radius 1 is 1.29 bits per heavy atom. The van der Waals surface area contributed by atoms with E-state index in [1.54, 1.807) is 27.7 Å². The summed E-state index contributed by atoms with van der Waals surface area (Å²) >= 11 is 0. The maximum absolute atomic E-state index is 12.1. The summed E-state index contributed by atoms with van der Waals surface area (Å²) < 4.78 is 21.6. The average molecular weight is 298 g/mol. The molecule has 0 radical (unpaired) electrons. The summed E-state index contributed by atoms with van der Waals surface area (Å²) in [6.07, 6.45) is 1.05. The maximum atomic E-state index is 12.1. The van der Waals surface area contributed by atoms with Gasteiger partial charge in [0.05, 0.1) is 18.6 Å². The summed E-state index contributed by atoms with van der Waals surface area (Å²) in [7, 11) is 0. The van der Waals surface area contributed by atoms with Crippen molar-refractivity contribution in [2.45, 2.75) is 59.0 Å². The molecule has 1 heterocycles. The minimum atomic E-state index is -1.64. The van der Waals surface area contributed by atoms with Crippen LogP contribution in [0.1, 0.15) is 41.0 Å². The fourth-order valence-corrected chi connectivity index (χ4v) is 1.89. The number of ether oxygens (including phenoxy) is 4. The molecular weight excluding hydrogens is 276 g/mol. The van der Waals surface area contributed by atoms with Gasteiger partial charge in [-0.25, -0.2) is 4.79 Å². The van der Waals surface area contributed by atoms with E-state index < -0.39 is 17.7 Å². The topological polar surface area (TPSA) is 71.1 Å². The third-order valence-electron chi connectivity index (χ3n) is 2.42. The Kier molecular flexibility index (Phi) is 5.41. The highest BCUT2D eigenvalue weighted by Gasteiger charge is 2.54. The van der Waals surface area contributed by atoms with Crippen molar-refractivity contribution in [1.82, 2.24) is 0 Å². The van der Waals surface area contributed by atoms with Gasteiger partial charge in [0.15, 0.2) is 0 Å². The highest BCUT2D eigenvalue weighted by atomic mass is 16.8. The van der Waals surface area contributed by atoms with Crippen LogP contribution in [0.3, 0.4) is 0 Å². The highest BCUT2D eigenvalue weighted by molar-refractivity contribution is 5.90. The van der Waals surface area contributed by atoms with E-state index >= 15 is 0 Å². The molecule has 0 saturated heterocycles. The number of esters is 2. The van der Waals surface area contributed by atoms with Crippen molar-refractivity contribution < 1.29 is 28.5 Å². The van der Waals surface area contributed by atoms with Gasteiger partial charge in [0.1, 0.15) is 0 Å². The second-order valence-electron chi connectivity index (χ2n) is 5.22. The molecule has 0 aliphatic carbocycles. The van der Waals surface area contributed by atoms with Crippen LogP contribution in [0.5, 0.6) is 0 Å². The maximum Gasteiger partial charge on any atom is 0.381 e. The molecule has 1 rings (SSSR count). The molecule has 0 saturated carbocycles. The zero-order valence-electron chi connectivity index (χ0n) is 13.1. The van der Waals surface area contributed by atoms with E-state index in [9.17, 15) is 9.59 Å². The molecule has 21 heavy (non-hydrogen) atoms. The zero-order chi connectivity index (χ0) is 16.2. The van der Waals surface area contributed by atoms with Crippen molar-refractivity contribution in [3.8, 4) is 0 Å². The smallest absolute Gasteiger partial charge is 0.381 e. The van der Waals surface area contributed by atoms with E-state index in [1.165, 1.54) is 13.0 Å². The fourth-order valence-electron chi connectivity index (χ4n) is 1.89. The van der Waals surface area contributed by atoms with Crippen molar-refractivity contribution >= 4 is 11.9 Å². The molecule has 0 amide bonds. The molecule has 0 N–H and O–H groups in total. The van der Waals surface area contributed by atoms with Crippen molar-refractivity contribution in [2.24, 2.45) is 0 Å². The molecule has 0 fully saturated rings. The van der Waals surface area contributed by atoms with Gasteiger partial charge in [0.25, 0.3) is 5.76 Å². The van der Waals surface area contributed by atoms with Gasteiger partial charge in [-0.05, 0) is 27.7 Å². The van der Waals surface area contributed by atoms with Gasteiger partial charge in [-0.2, -0.15) is 0 Å². The second kappa shape index (κ2) is 6.65. The summed E-state index contributed by atoms with van der Waals surface area (Å²) in [6, 6.07) is 0. The Morgan fingerprint density at radius 2 is 1.86 bits per heavy atom. The molecule has 1 atom stereocenters. The third-order valence-corrected chi connectivity index (χ3v) is 2.42. The normalized spacial score (nSPS) is 21.6. The van der Waals surface area contributed by atoms with Crippen LogP contribution in [0, 0.1) is 0 Å². The predicted molar refractivity (Wildman–Crippen MR) is 74.9 cm³/mol. The van der Waals surface area contributed by atoms with Crippen molar-refractivity contribution in [1.29, 1.82) is 0 Å². The lowest BCUT2D eigenvalue weighted by atomic mass is 10.1. The van der Waals surface area contributed by atoms with Crippen molar-refractivity contribution in [3.63, 3.8) is 0 Å². The minimum Gasteiger partial charge on any atom is -0.484 e. The van der Waals surface area contributed by atoms with E-state index in [4.69, 9.17) is 18.9 Å². The Bertz CT molecular complexity index is 463. The van der Waals surface area contributed by atoms with Crippen molar-refractivity contribution in [2.75, 3.05) is 0 Å². The largest absolute Gasteiger partial charge is 0.484 e. The lowest BCUT2D eigenvalue weighted by Gasteiger charge is -2.28. The molecule has 0 aromatic rings. The summed E-state index contributed by atoms with van der Waals surface area (Å²) in [5.74, 6) is -2.95. The molecule has 0 spiro atoms. The second-order valence-corrected chi connectivity index (χ2v) is 5.22. The molecule has 1 aliphatic rings. The predicted octanol–water partition coefficient (Wildman–Crippen LogP) is 2.44. The van der Waals surface area contributed by atoms with E-state index in [-0.39, 0.29) is 30.1 Å². The first kappa shape index (κ1) is 17.1. The molecular formula is C15H22O6. The Morgan fingerprint density at radius 3 is 2.29 bits per heavy atom. The van der Waals surface area contributed by atoms with Gasteiger partial charge in [-0.1, -0.05) is 6.08 Å². The molecule has 0 bridgehead atoms. The molecule has 6 heteroatoms. The number of cyclic esters (lactones) is 1. The van der Waals surface area contributed by atoms with Crippen LogP contribution in [0.25, 0.3) is 0 Å². The molecule has 6 nitrogen and oxygen atoms in total. The van der Waals surface area contributed by atoms with E-state index in [2.05, 4.69) is 6.58 Å². The van der Waals surface area contributed by atoms with Gasteiger partial charge >= 0.3 is 17.7 Å². The number of rotatable bonds is 7. The number of carbonyl (C=O) groups is 2. The Balaban J connectivity index is 3.33. The Labute approximate surface area is 124 Å². The number of hydrogen-bond acceptors (Lipinski definition) is 6. The summed E-state index contributed by atoms with van der Waals surface area (Å²) in [6.45, 7) is 11.9. The zero-order valence-corrected chi connectivity index (χ0v) is 13.1. The quantitative estimate of drug-likeness (QED) is 0.531. The SMILES string of the molecule is C=CCC1(OC(C)=O)OC(=O)C(OC(C)C)=C1OC(C)C. The van der Waals surface area contributed by atoms with Crippen LogP contribution in [0.4, 0.5) is 0 Å². The van der Waals surface area contributed by atoms with Crippen LogP contribution in [-0.4, -0.2) is 29.9 Å². The van der Waals surface area contributed by atoms with Gasteiger partial charge in [-0.3, -0.25) is 4.79 Å². The highest BCUT2D eigenvalue weighted by Crippen LogP contribution is 2.39. The lowest BCUT2D eigenvalue weighted by Crippen LogP contribution is -2.38. The van der Waals surface area contributed by atoms with Crippen LogP contribution in [-0.2, 0) is 28.5 Å². The average Bonchev–Trinajstić information content (AvgIpc) is 2.52. The van der Waals surface area contributed by atoms with Gasteiger partial charge < -0.3 is 18.9 Å². The minimum absolute atomic E-state index is 0.0678. The van der Waals surface area contributed by atoms with E-state index in [1.807, 2.05) is 0 Å². The Hall–Kier alpha value is -1.98. The third kappa shape index (κ3) is 4.00. The number of hydrogen-bond donors (Lipinski definition) is 0. The first-order chi connectivity index (χ1) is 9.71. The van der Waals surface area contributed by atoms with Gasteiger partial charge in [0.2, 0.25) is 5.76 Å². The molecule has 1 unspecified atom stereocenters. The van der Waals surface area contributed by atoms with Gasteiger partial charge in [0, 0.05) is 6.92 Å². The first-order valence-corrected chi connectivity index (χ1v) is 6.83. The summed E-state index contributed by atoms with van der Waals surface area (Å²) in [4.78, 5) is 23.4. The molecule has 0 aromatic carbocycles. The van der Waals surface area contributed by atoms with E-state index in [0.29, 0.717) is 0 Å². The van der Waals surface area contributed by atoms with Crippen LogP contribution >= 0.6 is 0 Å². The molecule has 0 aromatic heterocycles. The van der Waals surface area contributed by atoms with Crippen LogP contribution < -0.4 is 0 Å². The van der Waals surface area contributed by atoms with Crippen LogP contribution in [0.15, 0.2) is 24.2 Å². The molecule has 1 aliphatic heterocycles. The monoisotopic (exact) mass is 298 g/mol. The lowest BCUT2D eigenvalue weighted by molar-refractivity contribution is -0.215. The number of carbonyl (C=O) groups excluding carboxylic acids is 2. The summed E-state index contributed by atoms with van der Waals surface area (Å²) in [5, 5.41) is 0. The van der Waals surface area contributed by atoms with Crippen LogP contribution in [0.2, 0.25) is 0 Å². The van der Waals surface area contributed by atoms with Gasteiger partial charge in [-0.15, -0.1) is 6.58 Å².